The van der Waals surface area contributed by atoms with Crippen molar-refractivity contribution < 1.29 is 9.13 Å². The summed E-state index contributed by atoms with van der Waals surface area (Å²) in [5.74, 6) is 2.66. The van der Waals surface area contributed by atoms with Crippen LogP contribution in [0.3, 0.4) is 0 Å². The molecule has 0 bridgehead atoms. The second-order valence-electron chi connectivity index (χ2n) is 10.2. The van der Waals surface area contributed by atoms with Crippen molar-refractivity contribution >= 4 is 0 Å². The van der Waals surface area contributed by atoms with Gasteiger partial charge in [0.1, 0.15) is 18.2 Å². The third-order valence-electron chi connectivity index (χ3n) is 7.99. The molecule has 1 saturated carbocycles. The van der Waals surface area contributed by atoms with Crippen LogP contribution in [0.2, 0.25) is 0 Å². The Balaban J connectivity index is 1.35. The zero-order valence-electron chi connectivity index (χ0n) is 20.6. The lowest BCUT2D eigenvalue weighted by atomic mass is 9.76. The van der Waals surface area contributed by atoms with E-state index in [2.05, 4.69) is 37.3 Å². The van der Waals surface area contributed by atoms with Crippen LogP contribution < -0.4 is 4.74 Å². The van der Waals surface area contributed by atoms with E-state index in [-0.39, 0.29) is 11.7 Å². The van der Waals surface area contributed by atoms with Crippen molar-refractivity contribution in [1.82, 2.24) is 0 Å². The van der Waals surface area contributed by atoms with E-state index in [1.807, 2.05) is 25.1 Å². The first kappa shape index (κ1) is 24.0. The largest absolute Gasteiger partial charge is 0.490 e. The quantitative estimate of drug-likeness (QED) is 0.275. The van der Waals surface area contributed by atoms with E-state index < -0.39 is 0 Å². The SMILES string of the molecule is CC=CCOc1ccc2c(c1)CCC(c1ccc(C3CCC(CCCCC)CC3)cc1F)C2. The van der Waals surface area contributed by atoms with Crippen molar-refractivity contribution in [3.05, 3.63) is 76.6 Å². The van der Waals surface area contributed by atoms with Crippen LogP contribution >= 0.6 is 0 Å². The zero-order chi connectivity index (χ0) is 23.0. The summed E-state index contributed by atoms with van der Waals surface area (Å²) in [6, 6.07) is 12.6. The highest BCUT2D eigenvalue weighted by Gasteiger charge is 2.26. The minimum Gasteiger partial charge on any atom is -0.490 e. The number of rotatable bonds is 9. The van der Waals surface area contributed by atoms with Gasteiger partial charge in [0.25, 0.3) is 0 Å². The van der Waals surface area contributed by atoms with Gasteiger partial charge in [-0.05, 0) is 110 Å². The van der Waals surface area contributed by atoms with Gasteiger partial charge < -0.3 is 4.74 Å². The summed E-state index contributed by atoms with van der Waals surface area (Å²) in [6.45, 7) is 4.89. The van der Waals surface area contributed by atoms with Crippen LogP contribution in [0.5, 0.6) is 5.75 Å². The third-order valence-corrected chi connectivity index (χ3v) is 7.99. The Hall–Kier alpha value is -2.09. The van der Waals surface area contributed by atoms with Gasteiger partial charge in [-0.2, -0.15) is 0 Å². The Bertz CT molecular complexity index is 923. The fourth-order valence-corrected chi connectivity index (χ4v) is 5.92. The number of unbranched alkanes of at least 4 members (excludes halogenated alkanes) is 2. The van der Waals surface area contributed by atoms with E-state index in [0.29, 0.717) is 12.5 Å². The maximum atomic E-state index is 15.3. The molecule has 0 amide bonds. The van der Waals surface area contributed by atoms with Gasteiger partial charge in [0.15, 0.2) is 0 Å². The van der Waals surface area contributed by atoms with Crippen LogP contribution in [-0.4, -0.2) is 6.61 Å². The molecule has 0 spiro atoms. The molecule has 1 unspecified atom stereocenters. The number of halogens is 1. The minimum absolute atomic E-state index is 0.0114. The van der Waals surface area contributed by atoms with Gasteiger partial charge in [-0.15, -0.1) is 0 Å². The number of aryl methyl sites for hydroxylation is 1. The lowest BCUT2D eigenvalue weighted by Crippen LogP contribution is -2.16. The van der Waals surface area contributed by atoms with Crippen molar-refractivity contribution in [2.24, 2.45) is 5.92 Å². The van der Waals surface area contributed by atoms with Crippen molar-refractivity contribution in [3.63, 3.8) is 0 Å². The van der Waals surface area contributed by atoms with Gasteiger partial charge in [0.2, 0.25) is 0 Å². The summed E-state index contributed by atoms with van der Waals surface area (Å²) < 4.78 is 21.1. The molecule has 1 nitrogen and oxygen atoms in total. The summed E-state index contributed by atoms with van der Waals surface area (Å²) in [6.07, 6.45) is 17.5. The Morgan fingerprint density at radius 1 is 0.939 bits per heavy atom. The van der Waals surface area contributed by atoms with Gasteiger partial charge in [-0.3, -0.25) is 0 Å². The number of hydrogen-bond acceptors (Lipinski definition) is 1. The summed E-state index contributed by atoms with van der Waals surface area (Å²) in [4.78, 5) is 0. The molecule has 2 heteroatoms. The molecule has 2 aromatic rings. The lowest BCUT2D eigenvalue weighted by Gasteiger charge is -2.30. The molecular weight excluding hydrogens is 407 g/mol. The van der Waals surface area contributed by atoms with Crippen molar-refractivity contribution in [2.45, 2.75) is 96.3 Å². The molecule has 2 aliphatic rings. The molecule has 1 fully saturated rings. The fourth-order valence-electron chi connectivity index (χ4n) is 5.92. The van der Waals surface area contributed by atoms with Crippen LogP contribution in [0.4, 0.5) is 4.39 Å². The normalized spacial score (nSPS) is 22.9. The highest BCUT2D eigenvalue weighted by molar-refractivity contribution is 5.40. The Labute approximate surface area is 200 Å². The van der Waals surface area contributed by atoms with Crippen LogP contribution in [0.1, 0.15) is 106 Å². The maximum absolute atomic E-state index is 15.3. The molecule has 0 N–H and O–H groups in total. The lowest BCUT2D eigenvalue weighted by molar-refractivity contribution is 0.302. The highest BCUT2D eigenvalue weighted by Crippen LogP contribution is 2.40. The van der Waals surface area contributed by atoms with E-state index in [4.69, 9.17) is 4.74 Å². The number of fused-ring (bicyclic) bond motifs is 1. The average molecular weight is 449 g/mol. The van der Waals surface area contributed by atoms with Crippen LogP contribution in [0, 0.1) is 11.7 Å². The standard InChI is InChI=1S/C31H41FO/c1-3-5-7-8-23-9-11-24(12-10-23)27-16-18-30(31(32)22-27)28-14-13-26-21-29(33-19-6-4-2)17-15-25(26)20-28/h4,6,15-18,21-24,28H,3,5,7-14,19-20H2,1-2H3. The molecule has 0 radical (unpaired) electrons. The van der Waals surface area contributed by atoms with E-state index >= 15 is 4.39 Å². The van der Waals surface area contributed by atoms with Gasteiger partial charge in [0.05, 0.1) is 0 Å². The Kier molecular flexibility index (Phi) is 8.64. The van der Waals surface area contributed by atoms with E-state index in [1.165, 1.54) is 68.1 Å². The first-order chi connectivity index (χ1) is 16.2. The predicted octanol–water partition coefficient (Wildman–Crippen LogP) is 8.91. The molecule has 0 aliphatic heterocycles. The molecule has 4 rings (SSSR count). The van der Waals surface area contributed by atoms with Crippen molar-refractivity contribution in [2.75, 3.05) is 6.61 Å². The topological polar surface area (TPSA) is 9.23 Å². The first-order valence-electron chi connectivity index (χ1n) is 13.3. The van der Waals surface area contributed by atoms with Crippen molar-refractivity contribution in [1.29, 1.82) is 0 Å². The molecule has 178 valence electrons. The smallest absolute Gasteiger partial charge is 0.126 e. The zero-order valence-corrected chi connectivity index (χ0v) is 20.6. The van der Waals surface area contributed by atoms with E-state index in [1.54, 1.807) is 0 Å². The van der Waals surface area contributed by atoms with Gasteiger partial charge in [0, 0.05) is 0 Å². The third kappa shape index (κ3) is 6.28. The number of allylic oxidation sites excluding steroid dienone is 1. The first-order valence-corrected chi connectivity index (χ1v) is 13.3. The van der Waals surface area contributed by atoms with Gasteiger partial charge in [-0.25, -0.2) is 4.39 Å². The predicted molar refractivity (Wildman–Crippen MR) is 137 cm³/mol. The number of benzene rings is 2. The van der Waals surface area contributed by atoms with Crippen molar-refractivity contribution in [3.8, 4) is 5.75 Å². The molecule has 0 saturated heterocycles. The van der Waals surface area contributed by atoms with Gasteiger partial charge >= 0.3 is 0 Å². The van der Waals surface area contributed by atoms with E-state index in [0.717, 1.165) is 36.5 Å². The molecular formula is C31H41FO. The van der Waals surface area contributed by atoms with Gasteiger partial charge in [-0.1, -0.05) is 63.0 Å². The molecule has 33 heavy (non-hydrogen) atoms. The molecule has 0 aromatic heterocycles. The number of hydrogen-bond donors (Lipinski definition) is 0. The van der Waals surface area contributed by atoms with Crippen LogP contribution in [0.25, 0.3) is 0 Å². The Morgan fingerprint density at radius 2 is 1.79 bits per heavy atom. The summed E-state index contributed by atoms with van der Waals surface area (Å²) >= 11 is 0. The van der Waals surface area contributed by atoms with Crippen LogP contribution in [0.15, 0.2) is 48.6 Å². The molecule has 2 aromatic carbocycles. The number of ether oxygens (including phenoxy) is 1. The van der Waals surface area contributed by atoms with E-state index in [9.17, 15) is 0 Å². The minimum atomic E-state index is 0.0114. The summed E-state index contributed by atoms with van der Waals surface area (Å²) in [7, 11) is 0. The molecule has 0 heterocycles. The summed E-state index contributed by atoms with van der Waals surface area (Å²) in [5.41, 5.74) is 4.83. The maximum Gasteiger partial charge on any atom is 0.126 e. The highest BCUT2D eigenvalue weighted by atomic mass is 19.1. The fraction of sp³-hybridized carbons (Fsp3) is 0.548. The Morgan fingerprint density at radius 3 is 2.55 bits per heavy atom. The second-order valence-corrected chi connectivity index (χ2v) is 10.2. The molecule has 2 aliphatic carbocycles. The second kappa shape index (κ2) is 11.9. The monoisotopic (exact) mass is 448 g/mol. The average Bonchev–Trinajstić information content (AvgIpc) is 2.84. The molecule has 1 atom stereocenters. The summed E-state index contributed by atoms with van der Waals surface area (Å²) in [5, 5.41) is 0. The van der Waals surface area contributed by atoms with Crippen LogP contribution in [-0.2, 0) is 12.8 Å².